The Morgan fingerprint density at radius 3 is 2.62 bits per heavy atom. The van der Waals surface area contributed by atoms with Gasteiger partial charge < -0.3 is 14.8 Å². The molecule has 0 bridgehead atoms. The van der Waals surface area contributed by atoms with Crippen LogP contribution in [0.5, 0.6) is 0 Å². The number of aromatic carboxylic acids is 1. The predicted molar refractivity (Wildman–Crippen MR) is 91.1 cm³/mol. The van der Waals surface area contributed by atoms with Gasteiger partial charge in [-0.15, -0.1) is 0 Å². The van der Waals surface area contributed by atoms with Gasteiger partial charge in [0, 0.05) is 31.7 Å². The Bertz CT molecular complexity index is 766. The lowest BCUT2D eigenvalue weighted by Gasteiger charge is -2.17. The van der Waals surface area contributed by atoms with E-state index in [9.17, 15) is 14.7 Å². The molecule has 0 aliphatic rings. The van der Waals surface area contributed by atoms with Crippen molar-refractivity contribution < 1.29 is 15.0 Å². The summed E-state index contributed by atoms with van der Waals surface area (Å²) in [5.41, 5.74) is 0.882. The van der Waals surface area contributed by atoms with Gasteiger partial charge >= 0.3 is 5.97 Å². The Morgan fingerprint density at radius 1 is 1.33 bits per heavy atom. The van der Waals surface area contributed by atoms with Crippen LogP contribution in [0.4, 0.5) is 0 Å². The molecule has 0 saturated carbocycles. The molecule has 0 spiro atoms. The summed E-state index contributed by atoms with van der Waals surface area (Å²) in [5, 5.41) is 18.5. The van der Waals surface area contributed by atoms with Gasteiger partial charge in [0.1, 0.15) is 5.56 Å². The first-order chi connectivity index (χ1) is 11.5. The average molecular weight is 330 g/mol. The molecule has 2 aromatic heterocycles. The first-order valence-corrected chi connectivity index (χ1v) is 7.97. The minimum atomic E-state index is -1.25. The number of carboxylic acid groups (broad SMARTS) is 1. The van der Waals surface area contributed by atoms with E-state index in [4.69, 9.17) is 5.11 Å². The van der Waals surface area contributed by atoms with Crippen molar-refractivity contribution in [1.29, 1.82) is 0 Å². The summed E-state index contributed by atoms with van der Waals surface area (Å²) in [6.45, 7) is 4.53. The molecular formula is C18H22N2O4. The maximum absolute atomic E-state index is 12.5. The Hall–Kier alpha value is -2.47. The zero-order chi connectivity index (χ0) is 17.7. The number of hydrogen-bond donors (Lipinski definition) is 2. The van der Waals surface area contributed by atoms with Crippen LogP contribution < -0.4 is 5.43 Å². The second-order valence-electron chi connectivity index (χ2n) is 5.92. The molecule has 6 heteroatoms. The highest BCUT2D eigenvalue weighted by Crippen LogP contribution is 2.17. The van der Waals surface area contributed by atoms with Crippen LogP contribution in [0, 0.1) is 12.8 Å². The highest BCUT2D eigenvalue weighted by molar-refractivity contribution is 5.88. The summed E-state index contributed by atoms with van der Waals surface area (Å²) >= 11 is 0. The Kier molecular flexibility index (Phi) is 5.87. The van der Waals surface area contributed by atoms with Gasteiger partial charge in [-0.3, -0.25) is 9.78 Å². The van der Waals surface area contributed by atoms with E-state index in [1.165, 1.54) is 6.20 Å². The first-order valence-electron chi connectivity index (χ1n) is 7.97. The van der Waals surface area contributed by atoms with Gasteiger partial charge in [0.2, 0.25) is 5.43 Å². The van der Waals surface area contributed by atoms with Gasteiger partial charge in [-0.25, -0.2) is 4.79 Å². The van der Waals surface area contributed by atoms with Gasteiger partial charge in [0.05, 0.1) is 11.3 Å². The first kappa shape index (κ1) is 17.9. The van der Waals surface area contributed by atoms with Crippen molar-refractivity contribution in [2.45, 2.75) is 33.2 Å². The molecule has 0 aliphatic heterocycles. The Balaban J connectivity index is 2.51. The van der Waals surface area contributed by atoms with Gasteiger partial charge in [-0.1, -0.05) is 19.4 Å². The topological polar surface area (TPSA) is 92.4 Å². The summed E-state index contributed by atoms with van der Waals surface area (Å²) in [6.07, 6.45) is 6.14. The number of aryl methyl sites for hydroxylation is 1. The van der Waals surface area contributed by atoms with E-state index in [0.29, 0.717) is 18.7 Å². The van der Waals surface area contributed by atoms with Crippen molar-refractivity contribution in [2.75, 3.05) is 6.61 Å². The van der Waals surface area contributed by atoms with E-state index in [1.807, 2.05) is 19.9 Å². The maximum atomic E-state index is 12.5. The fraction of sp³-hybridized carbons (Fsp3) is 0.389. The molecule has 2 rings (SSSR count). The Morgan fingerprint density at radius 2 is 2.08 bits per heavy atom. The second-order valence-corrected chi connectivity index (χ2v) is 5.92. The predicted octanol–water partition coefficient (Wildman–Crippen LogP) is 2.33. The molecule has 0 saturated heterocycles. The standard InChI is InChI=1S/C18H22N2O4/c1-3-13(6-7-21)9-20-10-14(16-5-4-12(2)8-19-16)17(22)15(11-20)18(23)24/h4-5,8,10-11,13,21H,3,6-7,9H2,1-2H3,(H,23,24). The van der Waals surface area contributed by atoms with Crippen LogP contribution in [0.25, 0.3) is 11.3 Å². The van der Waals surface area contributed by atoms with Crippen LogP contribution in [0.1, 0.15) is 35.7 Å². The molecule has 2 heterocycles. The third kappa shape index (κ3) is 4.08. The quantitative estimate of drug-likeness (QED) is 0.813. The number of aromatic nitrogens is 2. The Labute approximate surface area is 140 Å². The molecule has 0 aromatic carbocycles. The zero-order valence-corrected chi connectivity index (χ0v) is 13.9. The van der Waals surface area contributed by atoms with Crippen molar-refractivity contribution >= 4 is 5.97 Å². The molecule has 6 nitrogen and oxygen atoms in total. The lowest BCUT2D eigenvalue weighted by Crippen LogP contribution is -2.22. The number of pyridine rings is 2. The van der Waals surface area contributed by atoms with Crippen LogP contribution in [0.15, 0.2) is 35.5 Å². The number of rotatable bonds is 7. The third-order valence-electron chi connectivity index (χ3n) is 4.08. The van der Waals surface area contributed by atoms with Crippen LogP contribution in [0.3, 0.4) is 0 Å². The number of carboxylic acids is 1. The summed E-state index contributed by atoms with van der Waals surface area (Å²) in [5.74, 6) is -1.05. The SMILES string of the molecule is CCC(CCO)Cn1cc(C(=O)O)c(=O)c(-c2ccc(C)cn2)c1. The highest BCUT2D eigenvalue weighted by atomic mass is 16.4. The van der Waals surface area contributed by atoms with Crippen molar-refractivity contribution in [2.24, 2.45) is 5.92 Å². The largest absolute Gasteiger partial charge is 0.477 e. The number of hydrogen-bond acceptors (Lipinski definition) is 4. The molecule has 0 amide bonds. The van der Waals surface area contributed by atoms with Gasteiger partial charge in [0.15, 0.2) is 0 Å². The lowest BCUT2D eigenvalue weighted by atomic mass is 10.0. The average Bonchev–Trinajstić information content (AvgIpc) is 2.56. The normalized spacial score (nSPS) is 12.1. The fourth-order valence-corrected chi connectivity index (χ4v) is 2.60. The van der Waals surface area contributed by atoms with Crippen LogP contribution >= 0.6 is 0 Å². The summed E-state index contributed by atoms with van der Waals surface area (Å²) < 4.78 is 1.71. The minimum absolute atomic E-state index is 0.0802. The molecule has 128 valence electrons. The van der Waals surface area contributed by atoms with Crippen molar-refractivity contribution in [3.63, 3.8) is 0 Å². The molecular weight excluding hydrogens is 308 g/mol. The smallest absolute Gasteiger partial charge is 0.341 e. The minimum Gasteiger partial charge on any atom is -0.477 e. The van der Waals surface area contributed by atoms with E-state index in [1.54, 1.807) is 23.0 Å². The molecule has 0 radical (unpaired) electrons. The van der Waals surface area contributed by atoms with Crippen molar-refractivity contribution in [3.8, 4) is 11.3 Å². The van der Waals surface area contributed by atoms with Gasteiger partial charge in [0.25, 0.3) is 0 Å². The van der Waals surface area contributed by atoms with Crippen molar-refractivity contribution in [1.82, 2.24) is 9.55 Å². The molecule has 1 atom stereocenters. The van der Waals surface area contributed by atoms with Crippen LogP contribution in [0.2, 0.25) is 0 Å². The van der Waals surface area contributed by atoms with Gasteiger partial charge in [-0.2, -0.15) is 0 Å². The fourth-order valence-electron chi connectivity index (χ4n) is 2.60. The zero-order valence-electron chi connectivity index (χ0n) is 13.9. The number of carbonyl (C=O) groups is 1. The van der Waals surface area contributed by atoms with E-state index >= 15 is 0 Å². The molecule has 2 aromatic rings. The second kappa shape index (κ2) is 7.88. The maximum Gasteiger partial charge on any atom is 0.341 e. The van der Waals surface area contributed by atoms with Crippen molar-refractivity contribution in [3.05, 3.63) is 52.1 Å². The monoisotopic (exact) mass is 330 g/mol. The third-order valence-corrected chi connectivity index (χ3v) is 4.08. The summed E-state index contributed by atoms with van der Waals surface area (Å²) in [6, 6.07) is 3.55. The molecule has 24 heavy (non-hydrogen) atoms. The molecule has 1 unspecified atom stereocenters. The van der Waals surface area contributed by atoms with Gasteiger partial charge in [-0.05, 0) is 30.9 Å². The molecule has 0 aliphatic carbocycles. The van der Waals surface area contributed by atoms with E-state index in [0.717, 1.165) is 12.0 Å². The number of aliphatic hydroxyl groups is 1. The molecule has 2 N–H and O–H groups in total. The van der Waals surface area contributed by atoms with E-state index in [2.05, 4.69) is 4.98 Å². The summed E-state index contributed by atoms with van der Waals surface area (Å²) in [4.78, 5) is 28.1. The van der Waals surface area contributed by atoms with Crippen LogP contribution in [-0.2, 0) is 6.54 Å². The number of aliphatic hydroxyl groups excluding tert-OH is 1. The highest BCUT2D eigenvalue weighted by Gasteiger charge is 2.17. The lowest BCUT2D eigenvalue weighted by molar-refractivity contribution is 0.0694. The van der Waals surface area contributed by atoms with E-state index in [-0.39, 0.29) is 23.7 Å². The van der Waals surface area contributed by atoms with Crippen LogP contribution in [-0.4, -0.2) is 32.3 Å². The number of nitrogens with zero attached hydrogens (tertiary/aromatic N) is 2. The summed E-state index contributed by atoms with van der Waals surface area (Å²) in [7, 11) is 0. The molecule has 0 fully saturated rings. The van der Waals surface area contributed by atoms with E-state index < -0.39 is 11.4 Å².